The maximum absolute atomic E-state index is 11.3. The van der Waals surface area contributed by atoms with Crippen LogP contribution in [0.1, 0.15) is 32.1 Å². The molecule has 6 nitrogen and oxygen atoms in total. The fraction of sp³-hybridized carbons (Fsp3) is 0.667. The van der Waals surface area contributed by atoms with Gasteiger partial charge in [0.25, 0.3) is 5.95 Å². The molecule has 0 unspecified atom stereocenters. The third-order valence-corrected chi connectivity index (χ3v) is 2.40. The highest BCUT2D eigenvalue weighted by atomic mass is 16.6. The highest BCUT2D eigenvalue weighted by Gasteiger charge is 2.18. The van der Waals surface area contributed by atoms with Gasteiger partial charge in [0.15, 0.2) is 0 Å². The molecule has 6 heteroatoms. The molecule has 0 spiro atoms. The maximum atomic E-state index is 11.3. The number of hydrogen-bond acceptors (Lipinski definition) is 5. The summed E-state index contributed by atoms with van der Waals surface area (Å²) in [7, 11) is 0. The molecule has 1 amide bonds. The first-order chi connectivity index (χ1) is 7.34. The zero-order valence-electron chi connectivity index (χ0n) is 8.31. The summed E-state index contributed by atoms with van der Waals surface area (Å²) >= 11 is 0. The van der Waals surface area contributed by atoms with Gasteiger partial charge in [-0.25, -0.2) is 4.79 Å². The summed E-state index contributed by atoms with van der Waals surface area (Å²) in [6, 6.07) is 0. The molecule has 1 aliphatic rings. The van der Waals surface area contributed by atoms with Crippen molar-refractivity contribution in [2.75, 3.05) is 5.32 Å². The molecule has 0 radical (unpaired) electrons. The van der Waals surface area contributed by atoms with Gasteiger partial charge in [0.1, 0.15) is 6.10 Å². The molecule has 1 fully saturated rings. The van der Waals surface area contributed by atoms with E-state index in [1.165, 1.54) is 6.42 Å². The first-order valence-corrected chi connectivity index (χ1v) is 5.08. The molecular weight excluding hydrogens is 198 g/mol. The van der Waals surface area contributed by atoms with Crippen molar-refractivity contribution in [2.24, 2.45) is 0 Å². The first kappa shape index (κ1) is 9.95. The molecule has 2 rings (SSSR count). The van der Waals surface area contributed by atoms with E-state index in [9.17, 15) is 4.79 Å². The van der Waals surface area contributed by atoms with Crippen LogP contribution in [0.15, 0.2) is 10.9 Å². The van der Waals surface area contributed by atoms with Gasteiger partial charge in [-0.3, -0.25) is 5.32 Å². The number of ether oxygens (including phenoxy) is 1. The van der Waals surface area contributed by atoms with Crippen molar-refractivity contribution >= 4 is 12.0 Å². The molecule has 1 aromatic rings. The fourth-order valence-electron chi connectivity index (χ4n) is 1.68. The predicted molar refractivity (Wildman–Crippen MR) is 51.3 cm³/mol. The highest BCUT2D eigenvalue weighted by molar-refractivity contribution is 5.82. The van der Waals surface area contributed by atoms with Crippen LogP contribution in [0.2, 0.25) is 0 Å². The highest BCUT2D eigenvalue weighted by Crippen LogP contribution is 2.20. The van der Waals surface area contributed by atoms with Crippen LogP contribution < -0.4 is 5.32 Å². The first-order valence-electron chi connectivity index (χ1n) is 5.08. The van der Waals surface area contributed by atoms with E-state index in [4.69, 9.17) is 4.74 Å². The number of rotatable bonds is 2. The molecule has 0 saturated heterocycles. The van der Waals surface area contributed by atoms with Gasteiger partial charge in [-0.15, -0.1) is 0 Å². The average Bonchev–Trinajstić information content (AvgIpc) is 2.71. The van der Waals surface area contributed by atoms with Crippen LogP contribution in [-0.4, -0.2) is 22.3 Å². The monoisotopic (exact) mass is 211 g/mol. The second kappa shape index (κ2) is 4.77. The van der Waals surface area contributed by atoms with Gasteiger partial charge in [0.2, 0.25) is 6.39 Å². The SMILES string of the molecule is O=C(Nc1ncon1)OC1CCCCC1. The quantitative estimate of drug-likeness (QED) is 0.808. The van der Waals surface area contributed by atoms with Crippen molar-refractivity contribution in [2.45, 2.75) is 38.2 Å². The van der Waals surface area contributed by atoms with Crippen LogP contribution in [0.3, 0.4) is 0 Å². The van der Waals surface area contributed by atoms with Crippen molar-refractivity contribution in [3.63, 3.8) is 0 Å². The minimum Gasteiger partial charge on any atom is -0.446 e. The third kappa shape index (κ3) is 2.93. The molecule has 0 atom stereocenters. The number of nitrogens with one attached hydrogen (secondary N) is 1. The molecule has 1 heterocycles. The van der Waals surface area contributed by atoms with Gasteiger partial charge in [-0.2, -0.15) is 4.98 Å². The molecule has 0 aliphatic heterocycles. The Morgan fingerprint density at radius 3 is 2.93 bits per heavy atom. The molecule has 1 saturated carbocycles. The van der Waals surface area contributed by atoms with E-state index in [1.807, 2.05) is 0 Å². The smallest absolute Gasteiger partial charge is 0.414 e. The Bertz CT molecular complexity index is 306. The second-order valence-corrected chi connectivity index (χ2v) is 3.55. The van der Waals surface area contributed by atoms with Gasteiger partial charge < -0.3 is 9.26 Å². The lowest BCUT2D eigenvalue weighted by molar-refractivity contribution is 0.0863. The molecule has 0 bridgehead atoms. The number of hydrogen-bond donors (Lipinski definition) is 1. The minimum atomic E-state index is -0.511. The van der Waals surface area contributed by atoms with Crippen LogP contribution in [0, 0.1) is 0 Å². The third-order valence-electron chi connectivity index (χ3n) is 2.40. The van der Waals surface area contributed by atoms with Gasteiger partial charge in [-0.1, -0.05) is 6.42 Å². The van der Waals surface area contributed by atoms with Crippen molar-refractivity contribution in [1.29, 1.82) is 0 Å². The van der Waals surface area contributed by atoms with Crippen molar-refractivity contribution in [3.8, 4) is 0 Å². The Labute approximate surface area is 87.0 Å². The second-order valence-electron chi connectivity index (χ2n) is 3.55. The summed E-state index contributed by atoms with van der Waals surface area (Å²) in [5.74, 6) is 0.135. The van der Waals surface area contributed by atoms with Gasteiger partial charge >= 0.3 is 6.09 Å². The van der Waals surface area contributed by atoms with Crippen LogP contribution in [0.4, 0.5) is 10.7 Å². The Balaban J connectivity index is 1.76. The van der Waals surface area contributed by atoms with Crippen LogP contribution in [0.5, 0.6) is 0 Å². The number of carbonyl (C=O) groups is 1. The van der Waals surface area contributed by atoms with E-state index in [2.05, 4.69) is 20.0 Å². The van der Waals surface area contributed by atoms with E-state index in [-0.39, 0.29) is 12.1 Å². The molecular formula is C9H13N3O3. The van der Waals surface area contributed by atoms with E-state index < -0.39 is 6.09 Å². The van der Waals surface area contributed by atoms with Crippen molar-refractivity contribution in [1.82, 2.24) is 10.1 Å². The van der Waals surface area contributed by atoms with E-state index in [0.29, 0.717) is 0 Å². The minimum absolute atomic E-state index is 0.0330. The normalized spacial score (nSPS) is 17.3. The lowest BCUT2D eigenvalue weighted by atomic mass is 9.98. The lowest BCUT2D eigenvalue weighted by Gasteiger charge is -2.21. The van der Waals surface area contributed by atoms with E-state index in [1.54, 1.807) is 0 Å². The largest absolute Gasteiger partial charge is 0.446 e. The lowest BCUT2D eigenvalue weighted by Crippen LogP contribution is -2.24. The molecule has 1 aliphatic carbocycles. The van der Waals surface area contributed by atoms with Gasteiger partial charge in [0.05, 0.1) is 0 Å². The standard InChI is InChI=1S/C9H13N3O3/c13-9(11-8-10-6-14-12-8)15-7-4-2-1-3-5-7/h6-7H,1-5H2,(H,11,12,13). The van der Waals surface area contributed by atoms with E-state index >= 15 is 0 Å². The Morgan fingerprint density at radius 2 is 2.27 bits per heavy atom. The molecule has 15 heavy (non-hydrogen) atoms. The Kier molecular flexibility index (Phi) is 3.16. The zero-order valence-corrected chi connectivity index (χ0v) is 8.31. The number of carbonyl (C=O) groups excluding carboxylic acids is 1. The van der Waals surface area contributed by atoms with Gasteiger partial charge in [-0.05, 0) is 30.8 Å². The van der Waals surface area contributed by atoms with E-state index in [0.717, 1.165) is 32.1 Å². The summed E-state index contributed by atoms with van der Waals surface area (Å²) in [6.45, 7) is 0. The number of anilines is 1. The fourth-order valence-corrected chi connectivity index (χ4v) is 1.68. The predicted octanol–water partition coefficient (Wildman–Crippen LogP) is 1.95. The topological polar surface area (TPSA) is 77.3 Å². The summed E-state index contributed by atoms with van der Waals surface area (Å²) < 4.78 is 9.67. The molecule has 1 aromatic heterocycles. The van der Waals surface area contributed by atoms with Crippen LogP contribution in [-0.2, 0) is 4.74 Å². The summed E-state index contributed by atoms with van der Waals surface area (Å²) in [6.07, 6.45) is 6.04. The van der Waals surface area contributed by atoms with Crippen LogP contribution >= 0.6 is 0 Å². The number of amides is 1. The molecule has 82 valence electrons. The Morgan fingerprint density at radius 1 is 1.47 bits per heavy atom. The molecule has 0 aromatic carbocycles. The number of nitrogens with zero attached hydrogens (tertiary/aromatic N) is 2. The Hall–Kier alpha value is -1.59. The average molecular weight is 211 g/mol. The summed E-state index contributed by atoms with van der Waals surface area (Å²) in [5, 5.41) is 5.84. The van der Waals surface area contributed by atoms with Gasteiger partial charge in [0, 0.05) is 0 Å². The molecule has 1 N–H and O–H groups in total. The summed E-state index contributed by atoms with van der Waals surface area (Å²) in [5.41, 5.74) is 0. The number of aromatic nitrogens is 2. The van der Waals surface area contributed by atoms with Crippen molar-refractivity contribution < 1.29 is 14.1 Å². The van der Waals surface area contributed by atoms with Crippen molar-refractivity contribution in [3.05, 3.63) is 6.39 Å². The zero-order chi connectivity index (χ0) is 10.5. The van der Waals surface area contributed by atoms with Crippen LogP contribution in [0.25, 0.3) is 0 Å². The maximum Gasteiger partial charge on any atom is 0.414 e. The summed E-state index contributed by atoms with van der Waals surface area (Å²) in [4.78, 5) is 15.0.